The lowest BCUT2D eigenvalue weighted by atomic mass is 10.5. The van der Waals surface area contributed by atoms with Crippen molar-refractivity contribution in [2.75, 3.05) is 6.61 Å². The molecular weight excluding hydrogens is 228 g/mol. The normalized spacial score (nSPS) is 15.1. The van der Waals surface area contributed by atoms with E-state index in [-0.39, 0.29) is 0 Å². The van der Waals surface area contributed by atoms with Gasteiger partial charge < -0.3 is 4.74 Å². The molecule has 0 spiro atoms. The summed E-state index contributed by atoms with van der Waals surface area (Å²) in [5, 5.41) is 0. The summed E-state index contributed by atoms with van der Waals surface area (Å²) in [4.78, 5) is 0. The standard InChI is InChI=1S/C5H2F8O/c6-2(5(11,12)13)3(7)14-1-4(8,9)10/h1H2/b3-2+. The topological polar surface area (TPSA) is 9.23 Å². The molecule has 0 aromatic carbocycles. The molecule has 0 saturated carbocycles. The number of alkyl halides is 6. The fraction of sp³-hybridized carbons (Fsp3) is 0.600. The first kappa shape index (κ1) is 13.0. The van der Waals surface area contributed by atoms with Gasteiger partial charge in [0.1, 0.15) is 0 Å². The summed E-state index contributed by atoms with van der Waals surface area (Å²) in [6.45, 7) is -2.33. The molecule has 0 aromatic heterocycles. The number of rotatable bonds is 2. The lowest BCUT2D eigenvalue weighted by Crippen LogP contribution is -2.18. The van der Waals surface area contributed by atoms with Crippen LogP contribution in [0.1, 0.15) is 0 Å². The van der Waals surface area contributed by atoms with Crippen LogP contribution in [-0.2, 0) is 4.74 Å². The molecule has 0 atom stereocenters. The van der Waals surface area contributed by atoms with Crippen LogP contribution in [0.15, 0.2) is 11.8 Å². The molecule has 0 heterocycles. The third-order valence-electron chi connectivity index (χ3n) is 0.784. The Balaban J connectivity index is 4.40. The molecule has 1 nitrogen and oxygen atoms in total. The van der Waals surface area contributed by atoms with E-state index in [0.717, 1.165) is 0 Å². The zero-order chi connectivity index (χ0) is 11.6. The van der Waals surface area contributed by atoms with Crippen molar-refractivity contribution in [2.24, 2.45) is 0 Å². The number of ether oxygens (including phenoxy) is 1. The van der Waals surface area contributed by atoms with Crippen LogP contribution < -0.4 is 0 Å². The van der Waals surface area contributed by atoms with Crippen LogP contribution in [0.5, 0.6) is 0 Å². The first-order valence-corrected chi connectivity index (χ1v) is 2.86. The first-order chi connectivity index (χ1) is 6.04. The van der Waals surface area contributed by atoms with Crippen molar-refractivity contribution in [3.63, 3.8) is 0 Å². The van der Waals surface area contributed by atoms with Crippen molar-refractivity contribution in [3.05, 3.63) is 11.8 Å². The Hall–Kier alpha value is -1.02. The molecule has 0 unspecified atom stereocenters. The highest BCUT2D eigenvalue weighted by Gasteiger charge is 2.40. The van der Waals surface area contributed by atoms with E-state index in [4.69, 9.17) is 0 Å². The Morgan fingerprint density at radius 1 is 0.929 bits per heavy atom. The van der Waals surface area contributed by atoms with Crippen LogP contribution in [0, 0.1) is 0 Å². The lowest BCUT2D eigenvalue weighted by Gasteiger charge is -2.08. The maximum Gasteiger partial charge on any atom is 0.449 e. The Bertz CT molecular complexity index is 223. The predicted octanol–water partition coefficient (Wildman–Crippen LogP) is 3.24. The SMILES string of the molecule is F/C(OCC(F)(F)F)=C(\F)C(F)(F)F. The van der Waals surface area contributed by atoms with Crippen molar-refractivity contribution >= 4 is 0 Å². The summed E-state index contributed by atoms with van der Waals surface area (Å²) in [6, 6.07) is -2.94. The minimum absolute atomic E-state index is 2.33. The molecular formula is C5H2F8O. The molecule has 0 aliphatic rings. The molecule has 0 bridgehead atoms. The van der Waals surface area contributed by atoms with Gasteiger partial charge in [-0.3, -0.25) is 0 Å². The molecule has 14 heavy (non-hydrogen) atoms. The summed E-state index contributed by atoms with van der Waals surface area (Å²) in [7, 11) is 0. The number of halogens is 8. The molecule has 0 fully saturated rings. The predicted molar refractivity (Wildman–Crippen MR) is 27.3 cm³/mol. The van der Waals surface area contributed by atoms with Crippen molar-refractivity contribution in [1.29, 1.82) is 0 Å². The van der Waals surface area contributed by atoms with Gasteiger partial charge in [-0.1, -0.05) is 0 Å². The highest BCUT2D eigenvalue weighted by Crippen LogP contribution is 2.30. The van der Waals surface area contributed by atoms with Crippen LogP contribution in [0.4, 0.5) is 35.1 Å². The van der Waals surface area contributed by atoms with Crippen LogP contribution >= 0.6 is 0 Å². The maximum absolute atomic E-state index is 11.9. The second kappa shape index (κ2) is 4.01. The van der Waals surface area contributed by atoms with E-state index in [2.05, 4.69) is 4.74 Å². The highest BCUT2D eigenvalue weighted by atomic mass is 19.4. The number of hydrogen-bond acceptors (Lipinski definition) is 1. The van der Waals surface area contributed by atoms with Gasteiger partial charge in [0.25, 0.3) is 5.83 Å². The summed E-state index contributed by atoms with van der Waals surface area (Å²) < 4.78 is 94.2. The van der Waals surface area contributed by atoms with Crippen LogP contribution in [0.3, 0.4) is 0 Å². The second-order valence-electron chi connectivity index (χ2n) is 1.99. The van der Waals surface area contributed by atoms with Crippen molar-refractivity contribution in [3.8, 4) is 0 Å². The van der Waals surface area contributed by atoms with E-state index in [0.29, 0.717) is 0 Å². The minimum Gasteiger partial charge on any atom is -0.459 e. The van der Waals surface area contributed by atoms with Gasteiger partial charge in [0.15, 0.2) is 6.61 Å². The Labute approximate surface area is 71.9 Å². The Morgan fingerprint density at radius 2 is 1.36 bits per heavy atom. The van der Waals surface area contributed by atoms with Gasteiger partial charge in [-0.05, 0) is 0 Å². The van der Waals surface area contributed by atoms with Gasteiger partial charge in [0, 0.05) is 0 Å². The molecule has 0 rings (SSSR count). The Kier molecular flexibility index (Phi) is 3.72. The van der Waals surface area contributed by atoms with E-state index >= 15 is 0 Å². The summed E-state index contributed by atoms with van der Waals surface area (Å²) >= 11 is 0. The molecule has 0 aromatic rings. The van der Waals surface area contributed by atoms with E-state index in [1.807, 2.05) is 0 Å². The smallest absolute Gasteiger partial charge is 0.449 e. The fourth-order valence-corrected chi connectivity index (χ4v) is 0.320. The van der Waals surface area contributed by atoms with Crippen molar-refractivity contribution < 1.29 is 39.9 Å². The van der Waals surface area contributed by atoms with Gasteiger partial charge in [-0.15, -0.1) is 0 Å². The van der Waals surface area contributed by atoms with Crippen LogP contribution in [-0.4, -0.2) is 19.0 Å². The van der Waals surface area contributed by atoms with E-state index in [1.54, 1.807) is 0 Å². The largest absolute Gasteiger partial charge is 0.459 e. The average molecular weight is 230 g/mol. The van der Waals surface area contributed by atoms with Crippen molar-refractivity contribution in [1.82, 2.24) is 0 Å². The third kappa shape index (κ3) is 4.87. The van der Waals surface area contributed by atoms with Gasteiger partial charge in [-0.25, -0.2) is 0 Å². The maximum atomic E-state index is 11.9. The van der Waals surface area contributed by atoms with Crippen LogP contribution in [0.2, 0.25) is 0 Å². The zero-order valence-electron chi connectivity index (χ0n) is 6.14. The number of allylic oxidation sites excluding steroid dienone is 1. The zero-order valence-corrected chi connectivity index (χ0v) is 6.14. The molecule has 84 valence electrons. The summed E-state index contributed by atoms with van der Waals surface area (Å²) in [6.07, 6.45) is -10.7. The monoisotopic (exact) mass is 230 g/mol. The fourth-order valence-electron chi connectivity index (χ4n) is 0.320. The van der Waals surface area contributed by atoms with Gasteiger partial charge >= 0.3 is 18.4 Å². The van der Waals surface area contributed by atoms with E-state index in [9.17, 15) is 35.1 Å². The van der Waals surface area contributed by atoms with Crippen LogP contribution in [0.25, 0.3) is 0 Å². The summed E-state index contributed by atoms with van der Waals surface area (Å²) in [5.41, 5.74) is 0. The van der Waals surface area contributed by atoms with Gasteiger partial charge in [0.2, 0.25) is 0 Å². The number of hydrogen-bond donors (Lipinski definition) is 0. The minimum atomic E-state index is -5.70. The third-order valence-corrected chi connectivity index (χ3v) is 0.784. The quantitative estimate of drug-likeness (QED) is 0.522. The highest BCUT2D eigenvalue weighted by molar-refractivity contribution is 4.99. The van der Waals surface area contributed by atoms with Crippen molar-refractivity contribution in [2.45, 2.75) is 12.4 Å². The molecule has 0 aliphatic heterocycles. The van der Waals surface area contributed by atoms with E-state index in [1.165, 1.54) is 0 Å². The Morgan fingerprint density at radius 3 is 1.64 bits per heavy atom. The average Bonchev–Trinajstić information content (AvgIpc) is 1.95. The molecule has 9 heteroatoms. The van der Waals surface area contributed by atoms with Gasteiger partial charge in [-0.2, -0.15) is 35.1 Å². The second-order valence-corrected chi connectivity index (χ2v) is 1.99. The molecule has 0 radical (unpaired) electrons. The summed E-state index contributed by atoms with van der Waals surface area (Å²) in [5.74, 6) is -3.33. The van der Waals surface area contributed by atoms with Gasteiger partial charge in [0.05, 0.1) is 0 Å². The molecule has 0 amide bonds. The molecule has 0 aliphatic carbocycles. The van der Waals surface area contributed by atoms with E-state index < -0.39 is 30.8 Å². The first-order valence-electron chi connectivity index (χ1n) is 2.86. The molecule has 0 N–H and O–H groups in total. The lowest BCUT2D eigenvalue weighted by molar-refractivity contribution is -0.174. The molecule has 0 saturated heterocycles.